The summed E-state index contributed by atoms with van der Waals surface area (Å²) >= 11 is 0. The Labute approximate surface area is 194 Å². The topological polar surface area (TPSA) is 51.2 Å². The van der Waals surface area contributed by atoms with Crippen LogP contribution in [0.2, 0.25) is 0 Å². The van der Waals surface area contributed by atoms with Crippen LogP contribution in [-0.2, 0) is 15.4 Å². The predicted octanol–water partition coefficient (Wildman–Crippen LogP) is 7.76. The lowest BCUT2D eigenvalue weighted by Gasteiger charge is -2.22. The van der Waals surface area contributed by atoms with Gasteiger partial charge in [-0.05, 0) is 71.9 Å². The van der Waals surface area contributed by atoms with E-state index in [0.717, 1.165) is 27.8 Å². The molecule has 0 saturated heterocycles. The van der Waals surface area contributed by atoms with Crippen LogP contribution < -0.4 is 0 Å². The van der Waals surface area contributed by atoms with E-state index in [9.17, 15) is 14.2 Å². The van der Waals surface area contributed by atoms with Gasteiger partial charge in [0.1, 0.15) is 0 Å². The lowest BCUT2D eigenvalue weighted by Crippen LogP contribution is -2.15. The third-order valence-electron chi connectivity index (χ3n) is 6.06. The second-order valence-electron chi connectivity index (χ2n) is 11.1. The minimum absolute atomic E-state index is 0.00508. The molecule has 2 aromatic rings. The molecule has 0 heterocycles. The number of benzene rings is 2. The van der Waals surface area contributed by atoms with Gasteiger partial charge in [-0.3, -0.25) is 4.79 Å². The third-order valence-corrected chi connectivity index (χ3v) is 7.37. The predicted molar refractivity (Wildman–Crippen MR) is 135 cm³/mol. The van der Waals surface area contributed by atoms with E-state index in [1.54, 1.807) is 0 Å². The molecule has 0 spiro atoms. The van der Waals surface area contributed by atoms with Crippen molar-refractivity contribution in [1.82, 2.24) is 0 Å². The van der Waals surface area contributed by atoms with Crippen LogP contribution in [0.1, 0.15) is 102 Å². The van der Waals surface area contributed by atoms with E-state index in [1.807, 2.05) is 39.8 Å². The molecule has 0 radical (unpaired) electrons. The van der Waals surface area contributed by atoms with Crippen molar-refractivity contribution in [3.63, 3.8) is 0 Å². The molecule has 0 bridgehead atoms. The summed E-state index contributed by atoms with van der Waals surface area (Å²) in [6.45, 7) is 20.5. The van der Waals surface area contributed by atoms with Crippen molar-refractivity contribution in [2.24, 2.45) is 0 Å². The Morgan fingerprint density at radius 3 is 1.38 bits per heavy atom. The molecule has 0 fully saturated rings. The maximum absolute atomic E-state index is 13.0. The lowest BCUT2D eigenvalue weighted by atomic mass is 9.83. The summed E-state index contributed by atoms with van der Waals surface area (Å²) in [6, 6.07) is 8.15. The fraction of sp³-hybridized carbons (Fsp3) is 0.500. The highest BCUT2D eigenvalue weighted by Crippen LogP contribution is 2.35. The molecule has 32 heavy (non-hydrogen) atoms. The van der Waals surface area contributed by atoms with Crippen LogP contribution in [0.4, 0.5) is 0 Å². The largest absolute Gasteiger partial charge is 0.420 e. The minimum atomic E-state index is -2.16. The molecule has 4 heteroatoms. The molecule has 172 valence electrons. The van der Waals surface area contributed by atoms with E-state index < -0.39 is 7.80 Å². The Morgan fingerprint density at radius 1 is 0.688 bits per heavy atom. The van der Waals surface area contributed by atoms with Gasteiger partial charge in [-0.1, -0.05) is 70.4 Å². The average Bonchev–Trinajstić information content (AvgIpc) is 2.63. The highest BCUT2D eigenvalue weighted by atomic mass is 31.1. The van der Waals surface area contributed by atoms with E-state index >= 15 is 0 Å². The molecule has 2 rings (SSSR count). The molecular formula is C28H38O3P+. The molecule has 0 amide bonds. The van der Waals surface area contributed by atoms with E-state index in [4.69, 9.17) is 0 Å². The fourth-order valence-electron chi connectivity index (χ4n) is 4.12. The highest BCUT2D eigenvalue weighted by Gasteiger charge is 2.34. The van der Waals surface area contributed by atoms with Crippen molar-refractivity contribution in [3.05, 3.63) is 68.8 Å². The van der Waals surface area contributed by atoms with Gasteiger partial charge in [-0.15, -0.1) is 0 Å². The number of carbonyl (C=O) groups is 2. The number of carbonyl (C=O) groups excluding carboxylic acids is 2. The van der Waals surface area contributed by atoms with Gasteiger partial charge in [0, 0.05) is 5.56 Å². The van der Waals surface area contributed by atoms with Gasteiger partial charge in [0.15, 0.2) is 11.9 Å². The van der Waals surface area contributed by atoms with Gasteiger partial charge in [-0.25, -0.2) is 4.79 Å². The number of aryl methyl sites for hydroxylation is 4. The summed E-state index contributed by atoms with van der Waals surface area (Å²) in [5.74, 6) is -0.0480. The van der Waals surface area contributed by atoms with Crippen LogP contribution in [0.3, 0.4) is 0 Å². The Bertz CT molecular complexity index is 1030. The van der Waals surface area contributed by atoms with Gasteiger partial charge in [0.05, 0.1) is 12.0 Å². The zero-order valence-electron chi connectivity index (χ0n) is 21.4. The van der Waals surface area contributed by atoms with Gasteiger partial charge < -0.3 is 0 Å². The average molecular weight is 454 g/mol. The molecule has 1 atom stereocenters. The summed E-state index contributed by atoms with van der Waals surface area (Å²) in [6.07, 6.45) is 0.183. The molecule has 0 saturated carbocycles. The number of rotatable bonds is 6. The number of hydrogen-bond acceptors (Lipinski definition) is 3. The molecular weight excluding hydrogens is 415 g/mol. The summed E-state index contributed by atoms with van der Waals surface area (Å²) in [5.41, 5.74) is 6.77. The summed E-state index contributed by atoms with van der Waals surface area (Å²) in [7, 11) is -2.16. The van der Waals surface area contributed by atoms with Crippen LogP contribution in [0, 0.1) is 27.7 Å². The first kappa shape index (κ1) is 26.1. The number of hydrogen-bond donors (Lipinski definition) is 0. The second-order valence-corrected chi connectivity index (χ2v) is 12.7. The zero-order chi connectivity index (χ0) is 24.6. The molecule has 0 aromatic heterocycles. The monoisotopic (exact) mass is 453 g/mol. The summed E-state index contributed by atoms with van der Waals surface area (Å²) < 4.78 is 12.9. The first-order chi connectivity index (χ1) is 14.5. The minimum Gasteiger partial charge on any atom is -0.294 e. The Hall–Kier alpha value is -2.12. The zero-order valence-corrected chi connectivity index (χ0v) is 22.3. The second kappa shape index (κ2) is 9.40. The van der Waals surface area contributed by atoms with E-state index in [0.29, 0.717) is 11.1 Å². The van der Waals surface area contributed by atoms with Crippen molar-refractivity contribution in [3.8, 4) is 0 Å². The maximum Gasteiger partial charge on any atom is 0.420 e. The van der Waals surface area contributed by atoms with Crippen LogP contribution >= 0.6 is 7.80 Å². The van der Waals surface area contributed by atoms with Crippen LogP contribution in [0.15, 0.2) is 24.3 Å². The molecule has 2 aromatic carbocycles. The Morgan fingerprint density at radius 2 is 1.03 bits per heavy atom. The first-order valence-corrected chi connectivity index (χ1v) is 12.7. The smallest absolute Gasteiger partial charge is 0.294 e. The molecule has 1 unspecified atom stereocenters. The van der Waals surface area contributed by atoms with Crippen molar-refractivity contribution in [1.29, 1.82) is 0 Å². The van der Waals surface area contributed by atoms with E-state index in [2.05, 4.69) is 53.7 Å². The van der Waals surface area contributed by atoms with Crippen LogP contribution in [0.5, 0.6) is 0 Å². The quantitative estimate of drug-likeness (QED) is 0.332. The van der Waals surface area contributed by atoms with Gasteiger partial charge in [-0.2, -0.15) is 0 Å². The first-order valence-electron chi connectivity index (χ1n) is 11.3. The van der Waals surface area contributed by atoms with Gasteiger partial charge >= 0.3 is 13.3 Å². The van der Waals surface area contributed by atoms with Crippen molar-refractivity contribution in [2.75, 3.05) is 6.16 Å². The highest BCUT2D eigenvalue weighted by molar-refractivity contribution is 7.64. The molecule has 0 aliphatic rings. The van der Waals surface area contributed by atoms with Crippen LogP contribution in [0.25, 0.3) is 0 Å². The normalized spacial score (nSPS) is 12.6. The summed E-state index contributed by atoms with van der Waals surface area (Å²) in [5, 5.41) is 0. The molecule has 0 aliphatic carbocycles. The third kappa shape index (κ3) is 5.81. The fourth-order valence-corrected chi connectivity index (χ4v) is 5.34. The van der Waals surface area contributed by atoms with Gasteiger partial charge in [0.25, 0.3) is 0 Å². The number of Topliss-reactive ketones (excluding diaryl/α,β-unsaturated/α-hetero) is 1. The standard InChI is InChI=1S/C28H38O3P/c1-17-13-21(27(5,6)7)14-18(2)24(17)23(29)11-12-32(31)26(30)25-19(3)15-22(16-20(25)4)28(8,9)10/h13-16H,11-12H2,1-10H3/q+1. The van der Waals surface area contributed by atoms with Gasteiger partial charge in [0.2, 0.25) is 0 Å². The molecule has 0 aliphatic heterocycles. The Kier molecular flexibility index (Phi) is 7.67. The summed E-state index contributed by atoms with van der Waals surface area (Å²) in [4.78, 5) is 26.0. The Balaban J connectivity index is 2.20. The van der Waals surface area contributed by atoms with Crippen molar-refractivity contribution in [2.45, 2.75) is 86.5 Å². The van der Waals surface area contributed by atoms with E-state index in [1.165, 1.54) is 5.56 Å². The SMILES string of the molecule is Cc1cc(C(C)(C)C)cc(C)c1C(=O)CC[P+](=O)C(=O)c1c(C)cc(C(C)(C)C)cc1C. The maximum atomic E-state index is 13.0. The van der Waals surface area contributed by atoms with E-state index in [-0.39, 0.29) is 34.7 Å². The lowest BCUT2D eigenvalue weighted by molar-refractivity contribution is 0.0988. The molecule has 0 N–H and O–H groups in total. The molecule has 3 nitrogen and oxygen atoms in total. The number of ketones is 1. The van der Waals surface area contributed by atoms with Crippen LogP contribution in [-0.4, -0.2) is 17.5 Å². The van der Waals surface area contributed by atoms with Crippen molar-refractivity contribution >= 4 is 19.1 Å². The van der Waals surface area contributed by atoms with Crippen molar-refractivity contribution < 1.29 is 14.2 Å².